The lowest BCUT2D eigenvalue weighted by Crippen LogP contribution is -2.35. The average Bonchev–Trinajstić information content (AvgIpc) is 2.76. The van der Waals surface area contributed by atoms with Gasteiger partial charge < -0.3 is 20.1 Å². The van der Waals surface area contributed by atoms with E-state index in [1.807, 2.05) is 49.4 Å². The van der Waals surface area contributed by atoms with Gasteiger partial charge in [-0.15, -0.1) is 11.8 Å². The van der Waals surface area contributed by atoms with Gasteiger partial charge in [0.25, 0.3) is 0 Å². The van der Waals surface area contributed by atoms with Crippen LogP contribution < -0.4 is 20.1 Å². The van der Waals surface area contributed by atoms with E-state index in [9.17, 15) is 9.59 Å². The molecule has 0 aliphatic carbocycles. The van der Waals surface area contributed by atoms with E-state index in [0.717, 1.165) is 29.0 Å². The number of amides is 2. The van der Waals surface area contributed by atoms with E-state index in [2.05, 4.69) is 24.5 Å². The molecular formula is C24H30N2O4S. The van der Waals surface area contributed by atoms with Gasteiger partial charge in [-0.3, -0.25) is 9.59 Å². The minimum absolute atomic E-state index is 0.117. The van der Waals surface area contributed by atoms with E-state index in [1.165, 1.54) is 11.8 Å². The molecule has 0 saturated heterocycles. The van der Waals surface area contributed by atoms with Crippen molar-refractivity contribution in [2.24, 2.45) is 0 Å². The molecule has 0 bridgehead atoms. The van der Waals surface area contributed by atoms with Gasteiger partial charge in [0.15, 0.2) is 11.5 Å². The van der Waals surface area contributed by atoms with E-state index in [0.29, 0.717) is 24.7 Å². The first-order valence-electron chi connectivity index (χ1n) is 10.8. The molecule has 2 aromatic rings. The number of rotatable bonds is 10. The minimum Gasteiger partial charge on any atom is -0.490 e. The molecular weight excluding hydrogens is 412 g/mol. The van der Waals surface area contributed by atoms with Gasteiger partial charge in [0.2, 0.25) is 11.8 Å². The van der Waals surface area contributed by atoms with Gasteiger partial charge in [0, 0.05) is 11.3 Å². The van der Waals surface area contributed by atoms with Crippen molar-refractivity contribution in [1.29, 1.82) is 0 Å². The number of carbonyl (C=O) groups excluding carboxylic acids is 2. The molecule has 0 fully saturated rings. The third-order valence-corrected chi connectivity index (χ3v) is 6.12. The minimum atomic E-state index is -0.449. The maximum absolute atomic E-state index is 12.7. The third kappa shape index (κ3) is 6.17. The van der Waals surface area contributed by atoms with Gasteiger partial charge in [0.1, 0.15) is 0 Å². The topological polar surface area (TPSA) is 76.7 Å². The Kier molecular flexibility index (Phi) is 8.23. The molecule has 3 rings (SSSR count). The molecule has 0 aromatic heterocycles. The number of benzene rings is 2. The van der Waals surface area contributed by atoms with Crippen LogP contribution in [-0.4, -0.2) is 30.3 Å². The maximum atomic E-state index is 12.7. The fourth-order valence-corrected chi connectivity index (χ4v) is 4.34. The highest BCUT2D eigenvalue weighted by molar-refractivity contribution is 8.01. The van der Waals surface area contributed by atoms with E-state index in [1.54, 1.807) is 0 Å². The van der Waals surface area contributed by atoms with Crippen LogP contribution in [-0.2, 0) is 9.59 Å². The Labute approximate surface area is 188 Å². The number of hydrogen-bond acceptors (Lipinski definition) is 5. The van der Waals surface area contributed by atoms with Gasteiger partial charge in [-0.2, -0.15) is 0 Å². The lowest BCUT2D eigenvalue weighted by molar-refractivity contribution is -0.124. The smallest absolute Gasteiger partial charge is 0.238 e. The van der Waals surface area contributed by atoms with Crippen LogP contribution >= 0.6 is 11.8 Å². The summed E-state index contributed by atoms with van der Waals surface area (Å²) in [6.45, 7) is 7.26. The van der Waals surface area contributed by atoms with Crippen LogP contribution in [0.2, 0.25) is 0 Å². The van der Waals surface area contributed by atoms with E-state index >= 15 is 0 Å². The molecule has 166 valence electrons. The van der Waals surface area contributed by atoms with Crippen molar-refractivity contribution in [2.45, 2.75) is 56.2 Å². The molecule has 1 heterocycles. The average molecular weight is 443 g/mol. The summed E-state index contributed by atoms with van der Waals surface area (Å²) in [7, 11) is 0. The van der Waals surface area contributed by atoms with Gasteiger partial charge in [-0.25, -0.2) is 0 Å². The van der Waals surface area contributed by atoms with Crippen molar-refractivity contribution < 1.29 is 19.1 Å². The lowest BCUT2D eigenvalue weighted by Gasteiger charge is -2.24. The lowest BCUT2D eigenvalue weighted by atomic mass is 10.1. The Hall–Kier alpha value is -2.67. The van der Waals surface area contributed by atoms with E-state index < -0.39 is 5.25 Å². The number of ether oxygens (including phenoxy) is 2. The van der Waals surface area contributed by atoms with Gasteiger partial charge in [-0.05, 0) is 49.6 Å². The number of carbonyl (C=O) groups is 2. The summed E-state index contributed by atoms with van der Waals surface area (Å²) < 4.78 is 11.6. The molecule has 0 spiro atoms. The van der Waals surface area contributed by atoms with Crippen LogP contribution in [0.4, 0.5) is 5.69 Å². The van der Waals surface area contributed by atoms with Crippen molar-refractivity contribution in [1.82, 2.24) is 5.32 Å². The Balaban J connectivity index is 1.63. The second-order valence-corrected chi connectivity index (χ2v) is 8.73. The van der Waals surface area contributed by atoms with E-state index in [4.69, 9.17) is 9.47 Å². The van der Waals surface area contributed by atoms with Crippen LogP contribution in [0.1, 0.15) is 51.6 Å². The zero-order valence-corrected chi connectivity index (χ0v) is 19.1. The van der Waals surface area contributed by atoms with Crippen molar-refractivity contribution in [2.75, 3.05) is 18.5 Å². The summed E-state index contributed by atoms with van der Waals surface area (Å²) in [6, 6.07) is 13.1. The largest absolute Gasteiger partial charge is 0.490 e. The number of para-hydroxylation sites is 1. The summed E-state index contributed by atoms with van der Waals surface area (Å²) >= 11 is 1.43. The molecule has 1 aliphatic heterocycles. The monoisotopic (exact) mass is 442 g/mol. The zero-order chi connectivity index (χ0) is 22.2. The van der Waals surface area contributed by atoms with Crippen LogP contribution in [0.5, 0.6) is 11.5 Å². The second-order valence-electron chi connectivity index (χ2n) is 7.49. The van der Waals surface area contributed by atoms with Crippen LogP contribution in [0, 0.1) is 0 Å². The van der Waals surface area contributed by atoms with E-state index in [-0.39, 0.29) is 24.3 Å². The second kappa shape index (κ2) is 11.1. The first-order valence-corrected chi connectivity index (χ1v) is 11.6. The number of thioether (sulfide) groups is 1. The zero-order valence-electron chi connectivity index (χ0n) is 18.3. The van der Waals surface area contributed by atoms with Crippen LogP contribution in [0.3, 0.4) is 0 Å². The number of nitrogens with one attached hydrogen (secondary N) is 2. The molecule has 0 unspecified atom stereocenters. The third-order valence-electron chi connectivity index (χ3n) is 4.85. The Morgan fingerprint density at radius 1 is 1.10 bits per heavy atom. The molecule has 31 heavy (non-hydrogen) atoms. The fraction of sp³-hybridized carbons (Fsp3) is 0.417. The summed E-state index contributed by atoms with van der Waals surface area (Å²) in [6.07, 6.45) is 1.93. The predicted molar refractivity (Wildman–Crippen MR) is 124 cm³/mol. The molecule has 1 aliphatic rings. The molecule has 6 nitrogen and oxygen atoms in total. The normalized spacial score (nSPS) is 16.1. The summed E-state index contributed by atoms with van der Waals surface area (Å²) in [5.74, 6) is 1.10. The number of anilines is 1. The number of fused-ring (bicyclic) bond motifs is 1. The molecule has 2 atom stereocenters. The molecule has 0 saturated carbocycles. The van der Waals surface area contributed by atoms with Crippen molar-refractivity contribution >= 4 is 29.3 Å². The Morgan fingerprint density at radius 3 is 2.55 bits per heavy atom. The quantitative estimate of drug-likeness (QED) is 0.545. The number of hydrogen-bond donors (Lipinski definition) is 2. The van der Waals surface area contributed by atoms with Gasteiger partial charge in [0.05, 0.1) is 30.2 Å². The van der Waals surface area contributed by atoms with Crippen molar-refractivity contribution in [3.8, 4) is 11.5 Å². The highest BCUT2D eigenvalue weighted by Crippen LogP contribution is 2.37. The highest BCUT2D eigenvalue weighted by Gasteiger charge is 2.29. The Bertz CT molecular complexity index is 918. The first kappa shape index (κ1) is 23.0. The first-order chi connectivity index (χ1) is 15.0. The molecule has 2 amide bonds. The summed E-state index contributed by atoms with van der Waals surface area (Å²) in [4.78, 5) is 26.0. The Morgan fingerprint density at radius 2 is 1.81 bits per heavy atom. The van der Waals surface area contributed by atoms with Crippen molar-refractivity contribution in [3.63, 3.8) is 0 Å². The van der Waals surface area contributed by atoms with Gasteiger partial charge in [-0.1, -0.05) is 32.0 Å². The van der Waals surface area contributed by atoms with Crippen LogP contribution in [0.15, 0.2) is 47.4 Å². The summed E-state index contributed by atoms with van der Waals surface area (Å²) in [5, 5.41) is 5.44. The molecule has 7 heteroatoms. The fourth-order valence-electron chi connectivity index (χ4n) is 3.23. The highest BCUT2D eigenvalue weighted by atomic mass is 32.2. The maximum Gasteiger partial charge on any atom is 0.238 e. The van der Waals surface area contributed by atoms with Crippen LogP contribution in [0.25, 0.3) is 0 Å². The molecule has 0 radical (unpaired) electrons. The molecule has 2 N–H and O–H groups in total. The summed E-state index contributed by atoms with van der Waals surface area (Å²) in [5.41, 5.74) is 1.72. The molecule has 2 aromatic carbocycles. The SMILES string of the molecule is CCCOc1ccc([C@H](C)NC(=O)C[C@H]2Sc3ccccc3NC2=O)cc1OCCC. The predicted octanol–water partition coefficient (Wildman–Crippen LogP) is 4.94. The standard InChI is InChI=1S/C24H30N2O4S/c1-4-12-29-19-11-10-17(14-20(19)30-13-5-2)16(3)25-23(27)15-22-24(28)26-18-8-6-7-9-21(18)31-22/h6-11,14,16,22H,4-5,12-13,15H2,1-3H3,(H,25,27)(H,26,28)/t16-,22+/m0/s1. The van der Waals surface area contributed by atoms with Gasteiger partial charge >= 0.3 is 0 Å². The van der Waals surface area contributed by atoms with Crippen molar-refractivity contribution in [3.05, 3.63) is 48.0 Å².